The van der Waals surface area contributed by atoms with Gasteiger partial charge in [-0.1, -0.05) is 13.8 Å². The van der Waals surface area contributed by atoms with Crippen LogP contribution in [-0.4, -0.2) is 16.2 Å². The zero-order chi connectivity index (χ0) is 10.9. The van der Waals surface area contributed by atoms with Crippen molar-refractivity contribution in [3.05, 3.63) is 28.8 Å². The summed E-state index contributed by atoms with van der Waals surface area (Å²) < 4.78 is 0. The molecule has 1 rings (SSSR count). The Morgan fingerprint density at radius 2 is 1.93 bits per heavy atom. The van der Waals surface area contributed by atoms with Gasteiger partial charge in [0.2, 0.25) is 0 Å². The average Bonchev–Trinajstić information content (AvgIpc) is 2.02. The van der Waals surface area contributed by atoms with Gasteiger partial charge in [0.25, 0.3) is 0 Å². The standard InChI is InChI=1S/C11H14O3/c1-6(2)8-5-9(11(13)14)7(3)4-10(8)12/h4-6,12H,1-3H3,(H,13,14). The summed E-state index contributed by atoms with van der Waals surface area (Å²) >= 11 is 0. The van der Waals surface area contributed by atoms with E-state index < -0.39 is 5.97 Å². The quantitative estimate of drug-likeness (QED) is 0.760. The fourth-order valence-corrected chi connectivity index (χ4v) is 1.40. The van der Waals surface area contributed by atoms with Crippen molar-refractivity contribution in [3.8, 4) is 5.75 Å². The van der Waals surface area contributed by atoms with Crippen molar-refractivity contribution in [1.29, 1.82) is 0 Å². The van der Waals surface area contributed by atoms with Crippen LogP contribution >= 0.6 is 0 Å². The Morgan fingerprint density at radius 3 is 2.36 bits per heavy atom. The van der Waals surface area contributed by atoms with Gasteiger partial charge in [0.15, 0.2) is 0 Å². The Morgan fingerprint density at radius 1 is 1.36 bits per heavy atom. The van der Waals surface area contributed by atoms with E-state index in [-0.39, 0.29) is 17.2 Å². The zero-order valence-corrected chi connectivity index (χ0v) is 8.53. The van der Waals surface area contributed by atoms with E-state index in [2.05, 4.69) is 0 Å². The monoisotopic (exact) mass is 194 g/mol. The number of aromatic hydroxyl groups is 1. The van der Waals surface area contributed by atoms with Crippen LogP contribution in [0.2, 0.25) is 0 Å². The molecule has 0 unspecified atom stereocenters. The van der Waals surface area contributed by atoms with Gasteiger partial charge in [-0.25, -0.2) is 4.79 Å². The molecule has 0 saturated carbocycles. The summed E-state index contributed by atoms with van der Waals surface area (Å²) in [4.78, 5) is 10.8. The third-order valence-electron chi connectivity index (χ3n) is 2.23. The van der Waals surface area contributed by atoms with Crippen molar-refractivity contribution in [2.24, 2.45) is 0 Å². The number of carboxylic acid groups (broad SMARTS) is 1. The van der Waals surface area contributed by atoms with Crippen molar-refractivity contribution >= 4 is 5.97 Å². The molecule has 76 valence electrons. The molecule has 1 aromatic carbocycles. The Balaban J connectivity index is 3.34. The molecule has 0 atom stereocenters. The molecule has 3 heteroatoms. The number of carbonyl (C=O) groups is 1. The van der Waals surface area contributed by atoms with Gasteiger partial charge in [-0.3, -0.25) is 0 Å². The maximum atomic E-state index is 10.8. The van der Waals surface area contributed by atoms with Crippen molar-refractivity contribution in [2.45, 2.75) is 26.7 Å². The molecule has 14 heavy (non-hydrogen) atoms. The molecule has 0 radical (unpaired) electrons. The van der Waals surface area contributed by atoms with Crippen molar-refractivity contribution < 1.29 is 15.0 Å². The first-order chi connectivity index (χ1) is 6.43. The number of hydrogen-bond donors (Lipinski definition) is 2. The van der Waals surface area contributed by atoms with Gasteiger partial charge in [-0.2, -0.15) is 0 Å². The lowest BCUT2D eigenvalue weighted by Crippen LogP contribution is -2.02. The van der Waals surface area contributed by atoms with E-state index in [1.165, 1.54) is 12.1 Å². The van der Waals surface area contributed by atoms with Crippen LogP contribution in [0.3, 0.4) is 0 Å². The van der Waals surface area contributed by atoms with E-state index in [0.29, 0.717) is 11.1 Å². The highest BCUT2D eigenvalue weighted by molar-refractivity contribution is 5.90. The van der Waals surface area contributed by atoms with Crippen LogP contribution in [0.4, 0.5) is 0 Å². The van der Waals surface area contributed by atoms with Crippen LogP contribution in [-0.2, 0) is 0 Å². The normalized spacial score (nSPS) is 10.6. The van der Waals surface area contributed by atoms with Gasteiger partial charge in [0.05, 0.1) is 5.56 Å². The molecule has 0 aliphatic carbocycles. The number of rotatable bonds is 2. The highest BCUT2D eigenvalue weighted by Gasteiger charge is 2.13. The number of phenols is 1. The lowest BCUT2D eigenvalue weighted by Gasteiger charge is -2.11. The SMILES string of the molecule is Cc1cc(O)c(C(C)C)cc1C(=O)O. The molecule has 2 N–H and O–H groups in total. The second kappa shape index (κ2) is 3.70. The molecular weight excluding hydrogens is 180 g/mol. The summed E-state index contributed by atoms with van der Waals surface area (Å²) in [5.41, 5.74) is 1.51. The first-order valence-electron chi connectivity index (χ1n) is 4.50. The van der Waals surface area contributed by atoms with E-state index in [9.17, 15) is 9.90 Å². The minimum absolute atomic E-state index is 0.119. The zero-order valence-electron chi connectivity index (χ0n) is 8.53. The second-order valence-corrected chi connectivity index (χ2v) is 3.69. The van der Waals surface area contributed by atoms with Gasteiger partial charge in [0.1, 0.15) is 5.75 Å². The topological polar surface area (TPSA) is 57.5 Å². The van der Waals surface area contributed by atoms with Gasteiger partial charge in [-0.05, 0) is 36.1 Å². The lowest BCUT2D eigenvalue weighted by molar-refractivity contribution is 0.0696. The van der Waals surface area contributed by atoms with Crippen LogP contribution in [0.15, 0.2) is 12.1 Å². The maximum absolute atomic E-state index is 10.8. The number of hydrogen-bond acceptors (Lipinski definition) is 2. The largest absolute Gasteiger partial charge is 0.508 e. The molecule has 0 aliphatic rings. The predicted octanol–water partition coefficient (Wildman–Crippen LogP) is 2.52. The van der Waals surface area contributed by atoms with Crippen LogP contribution < -0.4 is 0 Å². The third-order valence-corrected chi connectivity index (χ3v) is 2.23. The van der Waals surface area contributed by atoms with Gasteiger partial charge >= 0.3 is 5.97 Å². The number of aromatic carboxylic acids is 1. The smallest absolute Gasteiger partial charge is 0.335 e. The molecule has 3 nitrogen and oxygen atoms in total. The summed E-state index contributed by atoms with van der Waals surface area (Å²) in [5, 5.41) is 18.5. The number of carboxylic acids is 1. The molecule has 0 bridgehead atoms. The van der Waals surface area contributed by atoms with Crippen LogP contribution in [0.5, 0.6) is 5.75 Å². The predicted molar refractivity (Wildman–Crippen MR) is 53.9 cm³/mol. The molecule has 0 aromatic heterocycles. The van der Waals surface area contributed by atoms with Crippen LogP contribution in [0.25, 0.3) is 0 Å². The van der Waals surface area contributed by atoms with Gasteiger partial charge in [0, 0.05) is 0 Å². The minimum atomic E-state index is -0.954. The average molecular weight is 194 g/mol. The fourth-order valence-electron chi connectivity index (χ4n) is 1.40. The molecule has 0 fully saturated rings. The first-order valence-corrected chi connectivity index (χ1v) is 4.50. The summed E-state index contributed by atoms with van der Waals surface area (Å²) in [6.07, 6.45) is 0. The summed E-state index contributed by atoms with van der Waals surface area (Å²) in [6.45, 7) is 5.50. The Hall–Kier alpha value is -1.51. The molecule has 0 aliphatic heterocycles. The fraction of sp³-hybridized carbons (Fsp3) is 0.364. The van der Waals surface area contributed by atoms with Gasteiger partial charge < -0.3 is 10.2 Å². The minimum Gasteiger partial charge on any atom is -0.508 e. The third kappa shape index (κ3) is 1.87. The van der Waals surface area contributed by atoms with Crippen molar-refractivity contribution in [2.75, 3.05) is 0 Å². The summed E-state index contributed by atoms with van der Waals surface area (Å²) in [6, 6.07) is 3.04. The molecule has 0 heterocycles. The summed E-state index contributed by atoms with van der Waals surface area (Å²) in [5.74, 6) is -0.666. The van der Waals surface area contributed by atoms with E-state index >= 15 is 0 Å². The first kappa shape index (κ1) is 10.6. The lowest BCUT2D eigenvalue weighted by atomic mass is 9.96. The molecule has 0 saturated heterocycles. The highest BCUT2D eigenvalue weighted by atomic mass is 16.4. The maximum Gasteiger partial charge on any atom is 0.335 e. The van der Waals surface area contributed by atoms with E-state index in [1.807, 2.05) is 13.8 Å². The second-order valence-electron chi connectivity index (χ2n) is 3.69. The van der Waals surface area contributed by atoms with Crippen molar-refractivity contribution in [1.82, 2.24) is 0 Å². The highest BCUT2D eigenvalue weighted by Crippen LogP contribution is 2.28. The molecule has 0 amide bonds. The van der Waals surface area contributed by atoms with Crippen LogP contribution in [0, 0.1) is 6.92 Å². The Labute approximate surface area is 83.0 Å². The van der Waals surface area contributed by atoms with Crippen LogP contribution in [0.1, 0.15) is 41.3 Å². The molecular formula is C11H14O3. The van der Waals surface area contributed by atoms with Gasteiger partial charge in [-0.15, -0.1) is 0 Å². The van der Waals surface area contributed by atoms with E-state index in [4.69, 9.17) is 5.11 Å². The number of benzene rings is 1. The molecule has 1 aromatic rings. The Kier molecular flexibility index (Phi) is 2.79. The molecule has 0 spiro atoms. The van der Waals surface area contributed by atoms with E-state index in [1.54, 1.807) is 6.92 Å². The van der Waals surface area contributed by atoms with Crippen molar-refractivity contribution in [3.63, 3.8) is 0 Å². The van der Waals surface area contributed by atoms with E-state index in [0.717, 1.165) is 0 Å². The number of aryl methyl sites for hydroxylation is 1. The number of phenolic OH excluding ortho intramolecular Hbond substituents is 1. The Bertz CT molecular complexity index is 367. The summed E-state index contributed by atoms with van der Waals surface area (Å²) in [7, 11) is 0.